The van der Waals surface area contributed by atoms with Gasteiger partial charge in [0.15, 0.2) is 0 Å². The first-order chi connectivity index (χ1) is 8.81. The van der Waals surface area contributed by atoms with E-state index in [1.54, 1.807) is 19.2 Å². The summed E-state index contributed by atoms with van der Waals surface area (Å²) in [6.45, 7) is 3.70. The Morgan fingerprint density at radius 2 is 1.95 bits per heavy atom. The Morgan fingerprint density at radius 3 is 2.47 bits per heavy atom. The molecule has 0 spiro atoms. The molecule has 1 aromatic rings. The predicted molar refractivity (Wildman–Crippen MR) is 75.5 cm³/mol. The SMILES string of the molecule is CC(C)NC(=O)CN(C)C(=O)c1ccc(N)cc1N. The van der Waals surface area contributed by atoms with Crippen LogP contribution in [0.25, 0.3) is 0 Å². The number of nitrogen functional groups attached to an aromatic ring is 2. The molecule has 19 heavy (non-hydrogen) atoms. The van der Waals surface area contributed by atoms with Crippen LogP contribution in [0.3, 0.4) is 0 Å². The number of nitrogens with one attached hydrogen (secondary N) is 1. The average molecular weight is 264 g/mol. The van der Waals surface area contributed by atoms with E-state index in [1.165, 1.54) is 11.0 Å². The van der Waals surface area contributed by atoms with Gasteiger partial charge < -0.3 is 21.7 Å². The summed E-state index contributed by atoms with van der Waals surface area (Å²) in [4.78, 5) is 25.0. The van der Waals surface area contributed by atoms with Crippen molar-refractivity contribution in [2.24, 2.45) is 0 Å². The third-order valence-electron chi connectivity index (χ3n) is 2.48. The maximum atomic E-state index is 12.1. The zero-order valence-electron chi connectivity index (χ0n) is 11.4. The Kier molecular flexibility index (Phi) is 4.74. The highest BCUT2D eigenvalue weighted by Crippen LogP contribution is 2.17. The molecule has 0 heterocycles. The summed E-state index contributed by atoms with van der Waals surface area (Å²) in [7, 11) is 1.55. The van der Waals surface area contributed by atoms with Gasteiger partial charge in [-0.1, -0.05) is 0 Å². The van der Waals surface area contributed by atoms with Gasteiger partial charge in [0.05, 0.1) is 12.1 Å². The lowest BCUT2D eigenvalue weighted by molar-refractivity contribution is -0.122. The normalized spacial score (nSPS) is 10.3. The van der Waals surface area contributed by atoms with Gasteiger partial charge in [0.1, 0.15) is 0 Å². The molecule has 1 aromatic carbocycles. The molecule has 0 aliphatic carbocycles. The third-order valence-corrected chi connectivity index (χ3v) is 2.48. The molecule has 0 aromatic heterocycles. The van der Waals surface area contributed by atoms with Gasteiger partial charge in [0, 0.05) is 24.5 Å². The van der Waals surface area contributed by atoms with Crippen molar-refractivity contribution in [2.45, 2.75) is 19.9 Å². The van der Waals surface area contributed by atoms with Crippen molar-refractivity contribution in [2.75, 3.05) is 25.1 Å². The Morgan fingerprint density at radius 1 is 1.32 bits per heavy atom. The lowest BCUT2D eigenvalue weighted by Gasteiger charge is -2.18. The van der Waals surface area contributed by atoms with E-state index in [-0.39, 0.29) is 24.4 Å². The summed E-state index contributed by atoms with van der Waals surface area (Å²) in [5, 5.41) is 2.72. The number of hydrogen-bond donors (Lipinski definition) is 3. The molecule has 0 aliphatic rings. The molecule has 0 fully saturated rings. The van der Waals surface area contributed by atoms with Crippen molar-refractivity contribution >= 4 is 23.2 Å². The quantitative estimate of drug-likeness (QED) is 0.687. The Balaban J connectivity index is 2.74. The van der Waals surface area contributed by atoms with Crippen LogP contribution in [0.15, 0.2) is 18.2 Å². The highest BCUT2D eigenvalue weighted by Gasteiger charge is 2.17. The first kappa shape index (κ1) is 14.8. The lowest BCUT2D eigenvalue weighted by Crippen LogP contribution is -2.41. The fourth-order valence-corrected chi connectivity index (χ4v) is 1.64. The standard InChI is InChI=1S/C13H20N4O2/c1-8(2)16-12(18)7-17(3)13(19)10-5-4-9(14)6-11(10)15/h4-6,8H,7,14-15H2,1-3H3,(H,16,18). The highest BCUT2D eigenvalue weighted by atomic mass is 16.2. The monoisotopic (exact) mass is 264 g/mol. The van der Waals surface area contributed by atoms with Crippen molar-refractivity contribution in [3.05, 3.63) is 23.8 Å². The van der Waals surface area contributed by atoms with E-state index in [4.69, 9.17) is 11.5 Å². The molecule has 6 heteroatoms. The van der Waals surface area contributed by atoms with Crippen molar-refractivity contribution < 1.29 is 9.59 Å². The minimum Gasteiger partial charge on any atom is -0.399 e. The maximum absolute atomic E-state index is 12.1. The van der Waals surface area contributed by atoms with Gasteiger partial charge in [-0.15, -0.1) is 0 Å². The number of nitrogens with two attached hydrogens (primary N) is 2. The zero-order valence-corrected chi connectivity index (χ0v) is 11.4. The molecule has 0 saturated carbocycles. The molecule has 0 atom stereocenters. The van der Waals surface area contributed by atoms with E-state index >= 15 is 0 Å². The Bertz CT molecular complexity index is 486. The number of carbonyl (C=O) groups excluding carboxylic acids is 2. The minimum atomic E-state index is -0.309. The fourth-order valence-electron chi connectivity index (χ4n) is 1.64. The molecule has 0 bridgehead atoms. The lowest BCUT2D eigenvalue weighted by atomic mass is 10.1. The van der Waals surface area contributed by atoms with E-state index in [2.05, 4.69) is 5.32 Å². The highest BCUT2D eigenvalue weighted by molar-refractivity contribution is 6.01. The second-order valence-electron chi connectivity index (χ2n) is 4.73. The van der Waals surface area contributed by atoms with E-state index in [0.29, 0.717) is 16.9 Å². The van der Waals surface area contributed by atoms with Crippen LogP contribution in [0, 0.1) is 0 Å². The van der Waals surface area contributed by atoms with Crippen molar-refractivity contribution in [3.63, 3.8) is 0 Å². The van der Waals surface area contributed by atoms with Gasteiger partial charge in [0.25, 0.3) is 5.91 Å². The molecule has 0 radical (unpaired) electrons. The molecular weight excluding hydrogens is 244 g/mol. The third kappa shape index (κ3) is 4.17. The number of nitrogens with zero attached hydrogens (tertiary/aromatic N) is 1. The van der Waals surface area contributed by atoms with Crippen LogP contribution >= 0.6 is 0 Å². The van der Waals surface area contributed by atoms with Crippen molar-refractivity contribution in [1.82, 2.24) is 10.2 Å². The zero-order chi connectivity index (χ0) is 14.6. The number of carbonyl (C=O) groups is 2. The molecule has 1 rings (SSSR count). The fraction of sp³-hybridized carbons (Fsp3) is 0.385. The Labute approximate surface area is 112 Å². The molecule has 104 valence electrons. The molecule has 0 saturated heterocycles. The summed E-state index contributed by atoms with van der Waals surface area (Å²) in [5.41, 5.74) is 12.5. The first-order valence-corrected chi connectivity index (χ1v) is 6.01. The van der Waals surface area contributed by atoms with Crippen LogP contribution in [-0.2, 0) is 4.79 Å². The molecule has 0 unspecified atom stereocenters. The van der Waals surface area contributed by atoms with Gasteiger partial charge in [-0.2, -0.15) is 0 Å². The molecule has 5 N–H and O–H groups in total. The van der Waals surface area contributed by atoms with Crippen LogP contribution in [0.4, 0.5) is 11.4 Å². The minimum absolute atomic E-state index is 0.0131. The summed E-state index contributed by atoms with van der Waals surface area (Å²) >= 11 is 0. The maximum Gasteiger partial charge on any atom is 0.256 e. The van der Waals surface area contributed by atoms with Crippen LogP contribution in [0.1, 0.15) is 24.2 Å². The molecule has 0 aliphatic heterocycles. The van der Waals surface area contributed by atoms with Crippen LogP contribution in [-0.4, -0.2) is 36.3 Å². The van der Waals surface area contributed by atoms with Crippen molar-refractivity contribution in [1.29, 1.82) is 0 Å². The van der Waals surface area contributed by atoms with Gasteiger partial charge in [0.2, 0.25) is 5.91 Å². The van der Waals surface area contributed by atoms with Gasteiger partial charge >= 0.3 is 0 Å². The summed E-state index contributed by atoms with van der Waals surface area (Å²) in [5.74, 6) is -0.517. The number of hydrogen-bond acceptors (Lipinski definition) is 4. The van der Waals surface area contributed by atoms with Crippen LogP contribution < -0.4 is 16.8 Å². The smallest absolute Gasteiger partial charge is 0.256 e. The van der Waals surface area contributed by atoms with Gasteiger partial charge in [-0.25, -0.2) is 0 Å². The largest absolute Gasteiger partial charge is 0.399 e. The number of rotatable bonds is 4. The number of anilines is 2. The number of amides is 2. The van der Waals surface area contributed by atoms with Gasteiger partial charge in [-0.05, 0) is 32.0 Å². The molecule has 2 amide bonds. The average Bonchev–Trinajstić information content (AvgIpc) is 2.26. The summed E-state index contributed by atoms with van der Waals surface area (Å²) in [6.07, 6.45) is 0. The summed E-state index contributed by atoms with van der Waals surface area (Å²) in [6, 6.07) is 4.72. The number of likely N-dealkylation sites (N-methyl/N-ethyl adjacent to an activating group) is 1. The topological polar surface area (TPSA) is 101 Å². The van der Waals surface area contributed by atoms with Crippen LogP contribution in [0.5, 0.6) is 0 Å². The second kappa shape index (κ2) is 6.08. The summed E-state index contributed by atoms with van der Waals surface area (Å²) < 4.78 is 0. The van der Waals surface area contributed by atoms with E-state index in [9.17, 15) is 9.59 Å². The predicted octanol–water partition coefficient (Wildman–Crippen LogP) is 0.448. The first-order valence-electron chi connectivity index (χ1n) is 6.01. The molecule has 6 nitrogen and oxygen atoms in total. The van der Waals surface area contributed by atoms with Crippen LogP contribution in [0.2, 0.25) is 0 Å². The van der Waals surface area contributed by atoms with E-state index < -0.39 is 0 Å². The van der Waals surface area contributed by atoms with Crippen molar-refractivity contribution in [3.8, 4) is 0 Å². The Hall–Kier alpha value is -2.24. The van der Waals surface area contributed by atoms with E-state index in [0.717, 1.165) is 0 Å². The van der Waals surface area contributed by atoms with E-state index in [1.807, 2.05) is 13.8 Å². The number of benzene rings is 1. The molecular formula is C13H20N4O2. The second-order valence-corrected chi connectivity index (χ2v) is 4.73. The van der Waals surface area contributed by atoms with Gasteiger partial charge in [-0.3, -0.25) is 9.59 Å².